The van der Waals surface area contributed by atoms with Gasteiger partial charge in [-0.3, -0.25) is 14.4 Å². The van der Waals surface area contributed by atoms with E-state index >= 15 is 0 Å². The summed E-state index contributed by atoms with van der Waals surface area (Å²) < 4.78 is 13.2. The van der Waals surface area contributed by atoms with Gasteiger partial charge in [0.15, 0.2) is 0 Å². The van der Waals surface area contributed by atoms with Crippen LogP contribution in [0.3, 0.4) is 0 Å². The summed E-state index contributed by atoms with van der Waals surface area (Å²) in [4.78, 5) is 35.7. The van der Waals surface area contributed by atoms with Gasteiger partial charge >= 0.3 is 0 Å². The summed E-state index contributed by atoms with van der Waals surface area (Å²) in [6.45, 7) is 1.99. The van der Waals surface area contributed by atoms with Gasteiger partial charge in [0.05, 0.1) is 0 Å². The van der Waals surface area contributed by atoms with Crippen LogP contribution in [0.15, 0.2) is 24.3 Å². The molecule has 2 amide bonds. The summed E-state index contributed by atoms with van der Waals surface area (Å²) in [5, 5.41) is 15.7. The molecule has 2 N–H and O–H groups in total. The van der Waals surface area contributed by atoms with Crippen LogP contribution in [-0.2, 0) is 20.9 Å². The van der Waals surface area contributed by atoms with E-state index in [9.17, 15) is 14.0 Å². The number of hydrogen-bond donors (Lipinski definition) is 2. The number of aliphatic hydroxyl groups is 1. The first kappa shape index (κ1) is 19.6. The third kappa shape index (κ3) is 5.31. The van der Waals surface area contributed by atoms with Crippen molar-refractivity contribution in [1.82, 2.24) is 9.80 Å². The lowest BCUT2D eigenvalue weighted by molar-refractivity contribution is -0.155. The van der Waals surface area contributed by atoms with E-state index in [0.29, 0.717) is 18.5 Å². The van der Waals surface area contributed by atoms with Crippen molar-refractivity contribution in [2.75, 3.05) is 19.7 Å². The average Bonchev–Trinajstić information content (AvgIpc) is 2.53. The summed E-state index contributed by atoms with van der Waals surface area (Å²) in [5.41, 5.74) is 0.659. The van der Waals surface area contributed by atoms with Gasteiger partial charge in [0.2, 0.25) is 11.8 Å². The number of halogens is 1. The van der Waals surface area contributed by atoms with E-state index in [1.165, 1.54) is 21.9 Å². The van der Waals surface area contributed by atoms with Gasteiger partial charge in [-0.1, -0.05) is 12.1 Å². The molecule has 1 saturated heterocycles. The molecule has 0 saturated carbocycles. The average molecular weight is 340 g/mol. The standard InChI is InChI=1S/C15H19FN2O3.CH2O2/c1-11-15(21)17(9-12-4-2-5-13(16)8-12)10-14(20)18(11)6-3-7-19;2-1-3/h2,4-5,8,11,19H,3,6-7,9-10H2,1H3;1H,(H,2,3)/t11-;/m0./s1. The number of carbonyl (C=O) groups excluding carboxylic acids is 2. The summed E-state index contributed by atoms with van der Waals surface area (Å²) in [6, 6.07) is 5.46. The van der Waals surface area contributed by atoms with Crippen LogP contribution in [0.5, 0.6) is 0 Å². The molecule has 8 heteroatoms. The number of rotatable bonds is 5. The molecule has 0 unspecified atom stereocenters. The van der Waals surface area contributed by atoms with E-state index in [2.05, 4.69) is 0 Å². The fraction of sp³-hybridized carbons (Fsp3) is 0.438. The number of nitrogens with zero attached hydrogens (tertiary/aromatic N) is 2. The topological polar surface area (TPSA) is 98.2 Å². The molecule has 1 aliphatic heterocycles. The van der Waals surface area contributed by atoms with Crippen LogP contribution < -0.4 is 0 Å². The van der Waals surface area contributed by atoms with Crippen LogP contribution in [0.1, 0.15) is 18.9 Å². The maximum Gasteiger partial charge on any atom is 0.290 e. The van der Waals surface area contributed by atoms with Gasteiger partial charge in [-0.25, -0.2) is 4.39 Å². The highest BCUT2D eigenvalue weighted by atomic mass is 19.1. The molecule has 1 aromatic carbocycles. The number of piperazine rings is 1. The highest BCUT2D eigenvalue weighted by molar-refractivity contribution is 5.94. The van der Waals surface area contributed by atoms with Gasteiger partial charge in [-0.15, -0.1) is 0 Å². The third-order valence-corrected chi connectivity index (χ3v) is 3.60. The zero-order chi connectivity index (χ0) is 18.1. The van der Waals surface area contributed by atoms with Crippen molar-refractivity contribution in [3.8, 4) is 0 Å². The largest absolute Gasteiger partial charge is 0.483 e. The lowest BCUT2D eigenvalue weighted by atomic mass is 10.1. The Balaban J connectivity index is 0.000000891. The minimum absolute atomic E-state index is 0.00881. The second-order valence-corrected chi connectivity index (χ2v) is 5.27. The van der Waals surface area contributed by atoms with Crippen molar-refractivity contribution in [1.29, 1.82) is 0 Å². The Morgan fingerprint density at radius 1 is 1.38 bits per heavy atom. The predicted molar refractivity (Wildman–Crippen MR) is 83.4 cm³/mol. The van der Waals surface area contributed by atoms with Gasteiger partial charge < -0.3 is 20.0 Å². The third-order valence-electron chi connectivity index (χ3n) is 3.60. The molecule has 7 nitrogen and oxygen atoms in total. The van der Waals surface area contributed by atoms with Gasteiger partial charge in [-0.2, -0.15) is 0 Å². The van der Waals surface area contributed by atoms with Crippen LogP contribution in [0.2, 0.25) is 0 Å². The quantitative estimate of drug-likeness (QED) is 0.759. The Labute approximate surface area is 139 Å². The van der Waals surface area contributed by atoms with Crippen molar-refractivity contribution < 1.29 is 29.0 Å². The number of carbonyl (C=O) groups is 3. The maximum atomic E-state index is 13.2. The molecule has 1 aliphatic rings. The van der Waals surface area contributed by atoms with E-state index in [1.54, 1.807) is 19.1 Å². The molecule has 2 rings (SSSR count). The van der Waals surface area contributed by atoms with E-state index in [4.69, 9.17) is 15.0 Å². The van der Waals surface area contributed by atoms with Crippen molar-refractivity contribution in [3.05, 3.63) is 35.6 Å². The monoisotopic (exact) mass is 340 g/mol. The Bertz CT molecular complexity index is 581. The number of benzene rings is 1. The summed E-state index contributed by atoms with van der Waals surface area (Å²) in [6.07, 6.45) is 0.452. The van der Waals surface area contributed by atoms with Gasteiger partial charge in [-0.05, 0) is 31.0 Å². The highest BCUT2D eigenvalue weighted by Gasteiger charge is 2.35. The van der Waals surface area contributed by atoms with Crippen LogP contribution >= 0.6 is 0 Å². The Morgan fingerprint density at radius 2 is 2.04 bits per heavy atom. The molecule has 24 heavy (non-hydrogen) atoms. The highest BCUT2D eigenvalue weighted by Crippen LogP contribution is 2.16. The fourth-order valence-corrected chi connectivity index (χ4v) is 2.49. The molecule has 1 aromatic rings. The second kappa shape index (κ2) is 9.61. The normalized spacial score (nSPS) is 17.4. The molecule has 0 aromatic heterocycles. The number of amides is 2. The fourth-order valence-electron chi connectivity index (χ4n) is 2.49. The van der Waals surface area contributed by atoms with Crippen LogP contribution in [-0.4, -0.2) is 64.0 Å². The van der Waals surface area contributed by atoms with E-state index in [0.717, 1.165) is 0 Å². The Morgan fingerprint density at radius 3 is 2.62 bits per heavy atom. The molecule has 1 heterocycles. The minimum Gasteiger partial charge on any atom is -0.483 e. The van der Waals surface area contributed by atoms with Crippen LogP contribution in [0.4, 0.5) is 4.39 Å². The van der Waals surface area contributed by atoms with Crippen molar-refractivity contribution >= 4 is 18.3 Å². The van der Waals surface area contributed by atoms with Crippen molar-refractivity contribution in [2.45, 2.75) is 25.9 Å². The molecule has 0 bridgehead atoms. The Hall–Kier alpha value is -2.48. The number of aliphatic hydroxyl groups excluding tert-OH is 1. The van der Waals surface area contributed by atoms with Crippen molar-refractivity contribution in [3.63, 3.8) is 0 Å². The van der Waals surface area contributed by atoms with Gasteiger partial charge in [0.1, 0.15) is 18.4 Å². The number of carboxylic acid groups (broad SMARTS) is 1. The second-order valence-electron chi connectivity index (χ2n) is 5.27. The molecule has 0 spiro atoms. The van der Waals surface area contributed by atoms with Gasteiger partial charge in [0.25, 0.3) is 6.47 Å². The maximum absolute atomic E-state index is 13.2. The van der Waals surface area contributed by atoms with Gasteiger partial charge in [0, 0.05) is 19.7 Å². The van der Waals surface area contributed by atoms with E-state index < -0.39 is 6.04 Å². The lowest BCUT2D eigenvalue weighted by Gasteiger charge is -2.38. The Kier molecular flexibility index (Phi) is 7.84. The first-order valence-electron chi connectivity index (χ1n) is 7.46. The van der Waals surface area contributed by atoms with Crippen LogP contribution in [0, 0.1) is 5.82 Å². The molecule has 1 atom stereocenters. The first-order valence-corrected chi connectivity index (χ1v) is 7.46. The summed E-state index contributed by atoms with van der Waals surface area (Å²) >= 11 is 0. The lowest BCUT2D eigenvalue weighted by Crippen LogP contribution is -2.58. The molecule has 0 radical (unpaired) electrons. The summed E-state index contributed by atoms with van der Waals surface area (Å²) in [7, 11) is 0. The molecule has 0 aliphatic carbocycles. The predicted octanol–water partition coefficient (Wildman–Crippen LogP) is 0.468. The smallest absolute Gasteiger partial charge is 0.290 e. The van der Waals surface area contributed by atoms with E-state index in [-0.39, 0.29) is 43.8 Å². The zero-order valence-corrected chi connectivity index (χ0v) is 13.4. The number of hydrogen-bond acceptors (Lipinski definition) is 4. The summed E-state index contributed by atoms with van der Waals surface area (Å²) in [5.74, 6) is -0.662. The molecule has 132 valence electrons. The molecule has 1 fully saturated rings. The van der Waals surface area contributed by atoms with Crippen molar-refractivity contribution in [2.24, 2.45) is 0 Å². The molecular formula is C16H21FN2O5. The zero-order valence-electron chi connectivity index (χ0n) is 13.4. The minimum atomic E-state index is -0.550. The van der Waals surface area contributed by atoms with E-state index in [1.807, 2.05) is 0 Å². The first-order chi connectivity index (χ1) is 11.4. The molecular weight excluding hydrogens is 319 g/mol. The SMILES string of the molecule is C[C@H]1C(=O)N(Cc2cccc(F)c2)CC(=O)N1CCCO.O=CO. The van der Waals surface area contributed by atoms with Crippen LogP contribution in [0.25, 0.3) is 0 Å².